The Morgan fingerprint density at radius 3 is 2.65 bits per heavy atom. The summed E-state index contributed by atoms with van der Waals surface area (Å²) in [7, 11) is 1.63. The number of H-pyrrole nitrogens is 1. The molecule has 2 aromatic carbocycles. The molecule has 1 fully saturated rings. The number of allylic oxidation sites excluding steroid dienone is 1. The van der Waals surface area contributed by atoms with E-state index in [4.69, 9.17) is 4.74 Å². The monoisotopic (exact) mass is 344 g/mol. The van der Waals surface area contributed by atoms with Crippen molar-refractivity contribution in [1.82, 2.24) is 9.97 Å². The van der Waals surface area contributed by atoms with Crippen molar-refractivity contribution < 1.29 is 4.74 Å². The predicted molar refractivity (Wildman–Crippen MR) is 104 cm³/mol. The second-order valence-corrected chi connectivity index (χ2v) is 6.42. The number of nitrogens with zero attached hydrogens (tertiary/aromatic N) is 3. The second-order valence-electron chi connectivity index (χ2n) is 6.42. The lowest BCUT2D eigenvalue weighted by Crippen LogP contribution is -2.17. The number of ether oxygens (including phenoxy) is 1. The number of nitriles is 1. The first-order chi connectivity index (χ1) is 12.8. The Morgan fingerprint density at radius 1 is 1.19 bits per heavy atom. The number of methoxy groups -OCH3 is 1. The van der Waals surface area contributed by atoms with Gasteiger partial charge in [0.05, 0.1) is 23.7 Å². The Balaban J connectivity index is 1.63. The van der Waals surface area contributed by atoms with Gasteiger partial charge in [-0.25, -0.2) is 4.98 Å². The number of hydrogen-bond acceptors (Lipinski definition) is 4. The minimum absolute atomic E-state index is 0.508. The third kappa shape index (κ3) is 3.14. The van der Waals surface area contributed by atoms with Crippen molar-refractivity contribution in [3.05, 3.63) is 53.9 Å². The molecule has 0 spiro atoms. The highest BCUT2D eigenvalue weighted by molar-refractivity contribution is 5.90. The van der Waals surface area contributed by atoms with Crippen LogP contribution < -0.4 is 9.64 Å². The number of hydrogen-bond donors (Lipinski definition) is 1. The van der Waals surface area contributed by atoms with Crippen LogP contribution in [0.4, 0.5) is 5.69 Å². The molecule has 5 heteroatoms. The molecule has 0 radical (unpaired) electrons. The van der Waals surface area contributed by atoms with Gasteiger partial charge in [0.2, 0.25) is 0 Å². The minimum atomic E-state index is 0.508. The summed E-state index contributed by atoms with van der Waals surface area (Å²) in [5.74, 6) is 1.33. The van der Waals surface area contributed by atoms with Gasteiger partial charge in [0.15, 0.2) is 0 Å². The van der Waals surface area contributed by atoms with Gasteiger partial charge in [0.25, 0.3) is 0 Å². The SMILES string of the molecule is COc1ccc2nc(/C(C#N)=C\c3ccc(N4CCCC4)cc3)[nH]c2c1. The lowest BCUT2D eigenvalue weighted by Gasteiger charge is -2.17. The van der Waals surface area contributed by atoms with Crippen molar-refractivity contribution in [3.63, 3.8) is 0 Å². The van der Waals surface area contributed by atoms with Crippen LogP contribution in [0.2, 0.25) is 0 Å². The Morgan fingerprint density at radius 2 is 1.96 bits per heavy atom. The average Bonchev–Trinajstić information content (AvgIpc) is 3.35. The molecule has 1 saturated heterocycles. The zero-order valence-corrected chi connectivity index (χ0v) is 14.7. The molecule has 2 heterocycles. The lowest BCUT2D eigenvalue weighted by molar-refractivity contribution is 0.415. The molecule has 5 nitrogen and oxygen atoms in total. The molecule has 0 aliphatic carbocycles. The third-order valence-electron chi connectivity index (χ3n) is 4.74. The number of rotatable bonds is 4. The van der Waals surface area contributed by atoms with Gasteiger partial charge in [-0.2, -0.15) is 5.26 Å². The van der Waals surface area contributed by atoms with Gasteiger partial charge >= 0.3 is 0 Å². The van der Waals surface area contributed by atoms with Gasteiger partial charge in [0.1, 0.15) is 17.6 Å². The van der Waals surface area contributed by atoms with Crippen molar-refractivity contribution >= 4 is 28.4 Å². The molecule has 130 valence electrons. The first-order valence-corrected chi connectivity index (χ1v) is 8.78. The van der Waals surface area contributed by atoms with E-state index < -0.39 is 0 Å². The molecule has 0 saturated carbocycles. The van der Waals surface area contributed by atoms with Crippen LogP contribution in [0.1, 0.15) is 24.2 Å². The normalized spacial score (nSPS) is 14.6. The molecular formula is C21H20N4O. The molecule has 4 rings (SSSR count). The van der Waals surface area contributed by atoms with E-state index in [2.05, 4.69) is 45.2 Å². The third-order valence-corrected chi connectivity index (χ3v) is 4.74. The molecule has 3 aromatic rings. The van der Waals surface area contributed by atoms with Crippen LogP contribution in [0.25, 0.3) is 22.7 Å². The highest BCUT2D eigenvalue weighted by Gasteiger charge is 2.12. The van der Waals surface area contributed by atoms with Crippen LogP contribution in [0.15, 0.2) is 42.5 Å². The van der Waals surface area contributed by atoms with E-state index in [-0.39, 0.29) is 0 Å². The van der Waals surface area contributed by atoms with E-state index in [1.807, 2.05) is 24.3 Å². The van der Waals surface area contributed by atoms with Gasteiger partial charge in [-0.15, -0.1) is 0 Å². The van der Waals surface area contributed by atoms with Crippen LogP contribution in [-0.2, 0) is 0 Å². The number of imidazole rings is 1. The maximum Gasteiger partial charge on any atom is 0.149 e. The molecule has 1 aliphatic heterocycles. The van der Waals surface area contributed by atoms with Crippen molar-refractivity contribution in [2.75, 3.05) is 25.1 Å². The topological polar surface area (TPSA) is 64.9 Å². The fraction of sp³-hybridized carbons (Fsp3) is 0.238. The van der Waals surface area contributed by atoms with Crippen molar-refractivity contribution in [1.29, 1.82) is 5.26 Å². The fourth-order valence-electron chi connectivity index (χ4n) is 3.32. The Kier molecular flexibility index (Phi) is 4.32. The molecule has 0 bridgehead atoms. The van der Waals surface area contributed by atoms with E-state index in [0.717, 1.165) is 35.4 Å². The molecular weight excluding hydrogens is 324 g/mol. The summed E-state index contributed by atoms with van der Waals surface area (Å²) in [6.07, 6.45) is 4.39. The highest BCUT2D eigenvalue weighted by atomic mass is 16.5. The summed E-state index contributed by atoms with van der Waals surface area (Å²) < 4.78 is 5.24. The second kappa shape index (κ2) is 6.93. The summed E-state index contributed by atoms with van der Waals surface area (Å²) >= 11 is 0. The summed E-state index contributed by atoms with van der Waals surface area (Å²) in [6, 6.07) is 16.2. The van der Waals surface area contributed by atoms with Gasteiger partial charge < -0.3 is 14.6 Å². The number of nitrogens with one attached hydrogen (secondary N) is 1. The molecule has 1 aliphatic rings. The van der Waals surface area contributed by atoms with E-state index >= 15 is 0 Å². The van der Waals surface area contributed by atoms with Crippen molar-refractivity contribution in [2.45, 2.75) is 12.8 Å². The average molecular weight is 344 g/mol. The predicted octanol–water partition coefficient (Wildman–Crippen LogP) is 4.24. The molecule has 0 amide bonds. The number of aromatic amines is 1. The van der Waals surface area contributed by atoms with E-state index in [1.165, 1.54) is 18.5 Å². The summed E-state index contributed by atoms with van der Waals surface area (Å²) in [4.78, 5) is 10.1. The van der Waals surface area contributed by atoms with Crippen LogP contribution in [0, 0.1) is 11.3 Å². The van der Waals surface area contributed by atoms with Gasteiger partial charge in [-0.1, -0.05) is 12.1 Å². The lowest BCUT2D eigenvalue weighted by atomic mass is 10.1. The number of benzene rings is 2. The maximum absolute atomic E-state index is 9.58. The minimum Gasteiger partial charge on any atom is -0.497 e. The van der Waals surface area contributed by atoms with Gasteiger partial charge in [-0.05, 0) is 48.7 Å². The van der Waals surface area contributed by atoms with Gasteiger partial charge in [-0.3, -0.25) is 0 Å². The molecule has 1 N–H and O–H groups in total. The highest BCUT2D eigenvalue weighted by Crippen LogP contribution is 2.24. The van der Waals surface area contributed by atoms with E-state index in [9.17, 15) is 5.26 Å². The zero-order chi connectivity index (χ0) is 17.9. The summed E-state index contributed by atoms with van der Waals surface area (Å²) in [6.45, 7) is 2.25. The van der Waals surface area contributed by atoms with Crippen LogP contribution in [0.5, 0.6) is 5.75 Å². The quantitative estimate of drug-likeness (QED) is 0.719. The first-order valence-electron chi connectivity index (χ1n) is 8.78. The van der Waals surface area contributed by atoms with Crippen LogP contribution in [0.3, 0.4) is 0 Å². The van der Waals surface area contributed by atoms with Gasteiger partial charge in [0, 0.05) is 24.8 Å². The number of anilines is 1. The molecule has 0 unspecified atom stereocenters. The largest absolute Gasteiger partial charge is 0.497 e. The summed E-state index contributed by atoms with van der Waals surface area (Å²) in [5.41, 5.74) is 4.40. The maximum atomic E-state index is 9.58. The first kappa shape index (κ1) is 16.2. The van der Waals surface area contributed by atoms with E-state index in [1.54, 1.807) is 7.11 Å². The molecule has 1 aromatic heterocycles. The van der Waals surface area contributed by atoms with Crippen molar-refractivity contribution in [2.24, 2.45) is 0 Å². The van der Waals surface area contributed by atoms with E-state index in [0.29, 0.717) is 11.4 Å². The molecule has 0 atom stereocenters. The standard InChI is InChI=1S/C21H20N4O/c1-26-18-8-9-19-20(13-18)24-21(23-19)16(14-22)12-15-4-6-17(7-5-15)25-10-2-3-11-25/h4-9,12-13H,2-3,10-11H2,1H3,(H,23,24)/b16-12-. The molecule has 26 heavy (non-hydrogen) atoms. The Labute approximate surface area is 152 Å². The number of fused-ring (bicyclic) bond motifs is 1. The summed E-state index contributed by atoms with van der Waals surface area (Å²) in [5, 5.41) is 9.58. The Bertz CT molecular complexity index is 989. The Hall–Kier alpha value is -3.26. The van der Waals surface area contributed by atoms with Crippen LogP contribution >= 0.6 is 0 Å². The zero-order valence-electron chi connectivity index (χ0n) is 14.7. The smallest absolute Gasteiger partial charge is 0.149 e. The van der Waals surface area contributed by atoms with Crippen molar-refractivity contribution in [3.8, 4) is 11.8 Å². The fourth-order valence-corrected chi connectivity index (χ4v) is 3.32. The van der Waals surface area contributed by atoms with Crippen LogP contribution in [-0.4, -0.2) is 30.2 Å². The number of aromatic nitrogens is 2.